The standard InChI is InChI=1S/C28H32ClN3O4S/c1-20-10-13-25(14-11-20)37(35,36)32(26-15-12-24(29)18-21(26)2)19-27(33)31(22(3)28(34)30-4)17-16-23-8-6-5-7-9-23/h5-15,18,22H,16-17,19H2,1-4H3,(H,30,34). The Labute approximate surface area is 224 Å². The maximum absolute atomic E-state index is 13.8. The van der Waals surface area contributed by atoms with Crippen molar-refractivity contribution >= 4 is 39.1 Å². The molecule has 2 amide bonds. The number of carbonyl (C=O) groups excluding carboxylic acids is 2. The van der Waals surface area contributed by atoms with Crippen LogP contribution in [0.15, 0.2) is 77.7 Å². The topological polar surface area (TPSA) is 86.8 Å². The maximum Gasteiger partial charge on any atom is 0.264 e. The van der Waals surface area contributed by atoms with Gasteiger partial charge in [-0.05, 0) is 68.7 Å². The number of likely N-dealkylation sites (N-methyl/N-ethyl adjacent to an activating group) is 1. The Morgan fingerprint density at radius 1 is 0.973 bits per heavy atom. The molecule has 0 aliphatic rings. The fourth-order valence-corrected chi connectivity index (χ4v) is 5.73. The number of nitrogens with zero attached hydrogens (tertiary/aromatic N) is 2. The minimum Gasteiger partial charge on any atom is -0.357 e. The molecule has 1 N–H and O–H groups in total. The number of anilines is 1. The molecule has 196 valence electrons. The third kappa shape index (κ3) is 6.90. The second kappa shape index (κ2) is 12.3. The lowest BCUT2D eigenvalue weighted by molar-refractivity contribution is -0.138. The molecule has 0 heterocycles. The molecule has 9 heteroatoms. The highest BCUT2D eigenvalue weighted by molar-refractivity contribution is 7.92. The summed E-state index contributed by atoms with van der Waals surface area (Å²) in [5.74, 6) is -0.825. The van der Waals surface area contributed by atoms with Gasteiger partial charge in [-0.3, -0.25) is 13.9 Å². The molecule has 0 saturated carbocycles. The molecule has 3 aromatic carbocycles. The minimum absolute atomic E-state index is 0.0652. The van der Waals surface area contributed by atoms with E-state index in [1.165, 1.54) is 24.1 Å². The van der Waals surface area contributed by atoms with Crippen molar-refractivity contribution in [2.75, 3.05) is 24.4 Å². The van der Waals surface area contributed by atoms with Crippen LogP contribution < -0.4 is 9.62 Å². The number of rotatable bonds is 10. The number of benzene rings is 3. The van der Waals surface area contributed by atoms with Crippen LogP contribution in [0.1, 0.15) is 23.6 Å². The van der Waals surface area contributed by atoms with Crippen molar-refractivity contribution in [1.82, 2.24) is 10.2 Å². The lowest BCUT2D eigenvalue weighted by Crippen LogP contribution is -2.51. The van der Waals surface area contributed by atoms with Crippen molar-refractivity contribution < 1.29 is 18.0 Å². The molecule has 0 aliphatic heterocycles. The molecule has 37 heavy (non-hydrogen) atoms. The van der Waals surface area contributed by atoms with Crippen molar-refractivity contribution in [3.05, 3.63) is 94.5 Å². The highest BCUT2D eigenvalue weighted by Crippen LogP contribution is 2.29. The predicted octanol–water partition coefficient (Wildman–Crippen LogP) is 4.36. The van der Waals surface area contributed by atoms with Crippen LogP contribution >= 0.6 is 11.6 Å². The lowest BCUT2D eigenvalue weighted by atomic mass is 10.1. The molecule has 1 unspecified atom stereocenters. The fraction of sp³-hybridized carbons (Fsp3) is 0.286. The second-order valence-electron chi connectivity index (χ2n) is 8.87. The van der Waals surface area contributed by atoms with Crippen LogP contribution in [0.5, 0.6) is 0 Å². The Bertz CT molecular complexity index is 1350. The first-order chi connectivity index (χ1) is 17.5. The first kappa shape index (κ1) is 28.2. The summed E-state index contributed by atoms with van der Waals surface area (Å²) in [6.07, 6.45) is 0.512. The third-order valence-electron chi connectivity index (χ3n) is 6.21. The van der Waals surface area contributed by atoms with Gasteiger partial charge in [0, 0.05) is 18.6 Å². The van der Waals surface area contributed by atoms with Gasteiger partial charge in [0.1, 0.15) is 12.6 Å². The normalized spacial score (nSPS) is 12.0. The van der Waals surface area contributed by atoms with Gasteiger partial charge >= 0.3 is 0 Å². The van der Waals surface area contributed by atoms with Gasteiger partial charge in [0.15, 0.2) is 0 Å². The first-order valence-corrected chi connectivity index (χ1v) is 13.8. The summed E-state index contributed by atoms with van der Waals surface area (Å²) in [7, 11) is -2.61. The van der Waals surface area contributed by atoms with Crippen molar-refractivity contribution in [3.63, 3.8) is 0 Å². The first-order valence-electron chi connectivity index (χ1n) is 11.9. The van der Waals surface area contributed by atoms with E-state index in [1.54, 1.807) is 44.2 Å². The van der Waals surface area contributed by atoms with E-state index in [0.717, 1.165) is 15.4 Å². The maximum atomic E-state index is 13.8. The summed E-state index contributed by atoms with van der Waals surface area (Å²) in [5, 5.41) is 3.04. The third-order valence-corrected chi connectivity index (χ3v) is 8.22. The fourth-order valence-electron chi connectivity index (χ4n) is 4.03. The van der Waals surface area contributed by atoms with Crippen LogP contribution in [-0.2, 0) is 26.0 Å². The zero-order chi connectivity index (χ0) is 27.2. The number of aryl methyl sites for hydroxylation is 2. The summed E-state index contributed by atoms with van der Waals surface area (Å²) < 4.78 is 28.7. The Morgan fingerprint density at radius 3 is 2.22 bits per heavy atom. The monoisotopic (exact) mass is 541 g/mol. The quantitative estimate of drug-likeness (QED) is 0.413. The molecule has 0 radical (unpaired) electrons. The highest BCUT2D eigenvalue weighted by atomic mass is 35.5. The number of hydrogen-bond donors (Lipinski definition) is 1. The smallest absolute Gasteiger partial charge is 0.264 e. The molecule has 0 spiro atoms. The second-order valence-corrected chi connectivity index (χ2v) is 11.2. The molecule has 7 nitrogen and oxygen atoms in total. The zero-order valence-corrected chi connectivity index (χ0v) is 23.0. The van der Waals surface area contributed by atoms with E-state index < -0.39 is 28.5 Å². The average Bonchev–Trinajstić information content (AvgIpc) is 2.88. The van der Waals surface area contributed by atoms with Crippen molar-refractivity contribution in [2.45, 2.75) is 38.1 Å². The van der Waals surface area contributed by atoms with Crippen LogP contribution in [0.4, 0.5) is 5.69 Å². The Morgan fingerprint density at radius 2 is 1.62 bits per heavy atom. The Balaban J connectivity index is 2.01. The van der Waals surface area contributed by atoms with Gasteiger partial charge in [-0.25, -0.2) is 8.42 Å². The van der Waals surface area contributed by atoms with Crippen LogP contribution in [0.3, 0.4) is 0 Å². The Hall–Kier alpha value is -3.36. The highest BCUT2D eigenvalue weighted by Gasteiger charge is 2.32. The summed E-state index contributed by atoms with van der Waals surface area (Å²) in [6.45, 7) is 5.01. The molecule has 1 atom stereocenters. The van der Waals surface area contributed by atoms with Crippen LogP contribution in [0.25, 0.3) is 0 Å². The molecule has 3 rings (SSSR count). The van der Waals surface area contributed by atoms with E-state index in [9.17, 15) is 18.0 Å². The van der Waals surface area contributed by atoms with Crippen LogP contribution in [0, 0.1) is 13.8 Å². The number of amides is 2. The summed E-state index contributed by atoms with van der Waals surface area (Å²) in [4.78, 5) is 27.7. The number of halogens is 1. The van der Waals surface area contributed by atoms with E-state index in [2.05, 4.69) is 5.32 Å². The van der Waals surface area contributed by atoms with Crippen molar-refractivity contribution in [3.8, 4) is 0 Å². The van der Waals surface area contributed by atoms with Gasteiger partial charge < -0.3 is 10.2 Å². The van der Waals surface area contributed by atoms with E-state index in [4.69, 9.17) is 11.6 Å². The van der Waals surface area contributed by atoms with Crippen molar-refractivity contribution in [1.29, 1.82) is 0 Å². The molecule has 0 saturated heterocycles. The molecule has 0 aliphatic carbocycles. The number of carbonyl (C=O) groups is 2. The summed E-state index contributed by atoms with van der Waals surface area (Å²) in [6, 6.07) is 20.1. The number of sulfonamides is 1. The molecule has 3 aromatic rings. The summed E-state index contributed by atoms with van der Waals surface area (Å²) in [5.41, 5.74) is 2.86. The predicted molar refractivity (Wildman–Crippen MR) is 147 cm³/mol. The SMILES string of the molecule is CNC(=O)C(C)N(CCc1ccccc1)C(=O)CN(c1ccc(Cl)cc1C)S(=O)(=O)c1ccc(C)cc1. The minimum atomic E-state index is -4.11. The van der Waals surface area contributed by atoms with E-state index in [0.29, 0.717) is 22.7 Å². The van der Waals surface area contributed by atoms with Gasteiger partial charge in [0.2, 0.25) is 11.8 Å². The van der Waals surface area contributed by atoms with Crippen LogP contribution in [0.2, 0.25) is 5.02 Å². The summed E-state index contributed by atoms with van der Waals surface area (Å²) >= 11 is 6.13. The zero-order valence-electron chi connectivity index (χ0n) is 21.4. The molecule has 0 aromatic heterocycles. The molecular weight excluding hydrogens is 510 g/mol. The van der Waals surface area contributed by atoms with Gasteiger partial charge in [0.25, 0.3) is 10.0 Å². The number of nitrogens with one attached hydrogen (secondary N) is 1. The van der Waals surface area contributed by atoms with Gasteiger partial charge in [-0.1, -0.05) is 59.6 Å². The van der Waals surface area contributed by atoms with Gasteiger partial charge in [-0.15, -0.1) is 0 Å². The largest absolute Gasteiger partial charge is 0.357 e. The number of hydrogen-bond acceptors (Lipinski definition) is 4. The molecule has 0 fully saturated rings. The molecular formula is C28H32ClN3O4S. The Kier molecular flexibility index (Phi) is 9.34. The van der Waals surface area contributed by atoms with Crippen LogP contribution in [-0.4, -0.2) is 51.3 Å². The lowest BCUT2D eigenvalue weighted by Gasteiger charge is -2.32. The molecule has 0 bridgehead atoms. The van der Waals surface area contributed by atoms with Gasteiger partial charge in [-0.2, -0.15) is 0 Å². The van der Waals surface area contributed by atoms with E-state index in [-0.39, 0.29) is 17.3 Å². The van der Waals surface area contributed by atoms with Gasteiger partial charge in [0.05, 0.1) is 10.6 Å². The average molecular weight is 542 g/mol. The van der Waals surface area contributed by atoms with E-state index in [1.807, 2.05) is 37.3 Å². The van der Waals surface area contributed by atoms with E-state index >= 15 is 0 Å². The van der Waals surface area contributed by atoms with Crippen molar-refractivity contribution in [2.24, 2.45) is 0 Å².